The van der Waals surface area contributed by atoms with Gasteiger partial charge in [-0.2, -0.15) is 0 Å². The van der Waals surface area contributed by atoms with E-state index in [-0.39, 0.29) is 34.8 Å². The third kappa shape index (κ3) is 5.07. The molecule has 3 aliphatic rings. The lowest BCUT2D eigenvalue weighted by Gasteiger charge is -2.46. The van der Waals surface area contributed by atoms with Crippen LogP contribution < -0.4 is 0 Å². The Kier molecular flexibility index (Phi) is 7.05. The standard InChI is InChI=1S/C28H31FN2O2S/c29-23-12-9-21(10-13-23)19-31-24-18-22(27(32)30-15-5-2-6-16-30)11-14-25(24)34-26(28(31)33)17-20-7-3-1-4-8-20/h1,3-4,7-10,12-13,17,22,24-25H,2,5-6,11,14-16,18-19H2/b26-17-. The minimum Gasteiger partial charge on any atom is -0.342 e. The highest BCUT2D eigenvalue weighted by molar-refractivity contribution is 8.04. The molecule has 1 aliphatic carbocycles. The van der Waals surface area contributed by atoms with Crippen molar-refractivity contribution in [3.05, 3.63) is 76.4 Å². The first-order chi connectivity index (χ1) is 16.6. The molecule has 2 aliphatic heterocycles. The summed E-state index contributed by atoms with van der Waals surface area (Å²) in [5.41, 5.74) is 1.91. The zero-order chi connectivity index (χ0) is 23.5. The number of nitrogens with zero attached hydrogens (tertiary/aromatic N) is 2. The Hall–Kier alpha value is -2.60. The lowest BCUT2D eigenvalue weighted by Crippen LogP contribution is -2.54. The second-order valence-electron chi connectivity index (χ2n) is 9.60. The first-order valence-electron chi connectivity index (χ1n) is 12.4. The Morgan fingerprint density at radius 1 is 1.00 bits per heavy atom. The SMILES string of the molecule is O=C(C1CCC2S/C(=C\c3ccccc3)C(=O)N(Cc3ccc(F)cc3)C2C1)N1CCCCC1. The van der Waals surface area contributed by atoms with Gasteiger partial charge in [0, 0.05) is 36.8 Å². The van der Waals surface area contributed by atoms with Crippen molar-refractivity contribution >= 4 is 29.7 Å². The smallest absolute Gasteiger partial charge is 0.260 e. The molecule has 0 spiro atoms. The Bertz CT molecular complexity index is 1050. The van der Waals surface area contributed by atoms with Gasteiger partial charge in [-0.1, -0.05) is 42.5 Å². The van der Waals surface area contributed by atoms with Gasteiger partial charge in [0.05, 0.1) is 4.91 Å². The van der Waals surface area contributed by atoms with Gasteiger partial charge >= 0.3 is 0 Å². The van der Waals surface area contributed by atoms with Crippen molar-refractivity contribution in [1.29, 1.82) is 0 Å². The fraction of sp³-hybridized carbons (Fsp3) is 0.429. The van der Waals surface area contributed by atoms with Crippen LogP contribution in [0.15, 0.2) is 59.5 Å². The van der Waals surface area contributed by atoms with Crippen LogP contribution in [-0.4, -0.2) is 46.0 Å². The number of amides is 2. The van der Waals surface area contributed by atoms with Gasteiger partial charge in [-0.05, 0) is 67.9 Å². The van der Waals surface area contributed by atoms with Crippen molar-refractivity contribution in [2.24, 2.45) is 5.92 Å². The van der Waals surface area contributed by atoms with Gasteiger partial charge in [0.25, 0.3) is 5.91 Å². The molecule has 2 aromatic rings. The lowest BCUT2D eigenvalue weighted by molar-refractivity contribution is -0.140. The molecule has 3 fully saturated rings. The molecule has 3 atom stereocenters. The molecule has 0 radical (unpaired) electrons. The number of hydrogen-bond acceptors (Lipinski definition) is 3. The Morgan fingerprint density at radius 3 is 2.47 bits per heavy atom. The summed E-state index contributed by atoms with van der Waals surface area (Å²) in [4.78, 5) is 31.7. The highest BCUT2D eigenvalue weighted by Gasteiger charge is 2.45. The predicted octanol–water partition coefficient (Wildman–Crippen LogP) is 5.49. The molecule has 0 bridgehead atoms. The molecule has 2 heterocycles. The molecule has 5 rings (SSSR count). The predicted molar refractivity (Wildman–Crippen MR) is 134 cm³/mol. The molecule has 3 unspecified atom stereocenters. The normalized spacial score (nSPS) is 26.4. The van der Waals surface area contributed by atoms with E-state index in [1.165, 1.54) is 18.6 Å². The van der Waals surface area contributed by atoms with Gasteiger partial charge < -0.3 is 9.80 Å². The Morgan fingerprint density at radius 2 is 1.74 bits per heavy atom. The van der Waals surface area contributed by atoms with Crippen LogP contribution >= 0.6 is 11.8 Å². The average molecular weight is 479 g/mol. The number of halogens is 1. The molecule has 0 N–H and O–H groups in total. The van der Waals surface area contributed by atoms with Crippen LogP contribution in [0.1, 0.15) is 49.7 Å². The summed E-state index contributed by atoms with van der Waals surface area (Å²) >= 11 is 1.67. The number of piperidine rings is 1. The van der Waals surface area contributed by atoms with Gasteiger partial charge in [0.15, 0.2) is 0 Å². The number of thioether (sulfide) groups is 1. The highest BCUT2D eigenvalue weighted by atomic mass is 32.2. The number of hydrogen-bond donors (Lipinski definition) is 0. The van der Waals surface area contributed by atoms with Crippen LogP contribution in [-0.2, 0) is 16.1 Å². The summed E-state index contributed by atoms with van der Waals surface area (Å²) in [7, 11) is 0. The van der Waals surface area contributed by atoms with Crippen LogP contribution in [0.25, 0.3) is 6.08 Å². The maximum atomic E-state index is 13.7. The molecule has 4 nitrogen and oxygen atoms in total. The van der Waals surface area contributed by atoms with E-state index in [0.717, 1.165) is 54.8 Å². The molecule has 0 aromatic heterocycles. The Balaban J connectivity index is 1.40. The van der Waals surface area contributed by atoms with Crippen molar-refractivity contribution in [1.82, 2.24) is 9.80 Å². The third-order valence-electron chi connectivity index (χ3n) is 7.29. The van der Waals surface area contributed by atoms with Gasteiger partial charge in [-0.25, -0.2) is 4.39 Å². The maximum absolute atomic E-state index is 13.7. The topological polar surface area (TPSA) is 40.6 Å². The summed E-state index contributed by atoms with van der Waals surface area (Å²) in [6.07, 6.45) is 7.85. The molecule has 2 saturated heterocycles. The van der Waals surface area contributed by atoms with Crippen LogP contribution in [0.2, 0.25) is 0 Å². The summed E-state index contributed by atoms with van der Waals surface area (Å²) in [5, 5.41) is 0.263. The van der Waals surface area contributed by atoms with E-state index in [0.29, 0.717) is 13.0 Å². The van der Waals surface area contributed by atoms with E-state index in [4.69, 9.17) is 0 Å². The van der Waals surface area contributed by atoms with E-state index in [2.05, 4.69) is 0 Å². The van der Waals surface area contributed by atoms with Gasteiger partial charge in [-0.15, -0.1) is 11.8 Å². The van der Waals surface area contributed by atoms with Crippen molar-refractivity contribution in [2.45, 2.75) is 56.4 Å². The molecule has 6 heteroatoms. The monoisotopic (exact) mass is 478 g/mol. The summed E-state index contributed by atoms with van der Waals surface area (Å²) < 4.78 is 13.5. The fourth-order valence-corrected chi connectivity index (χ4v) is 6.88. The van der Waals surface area contributed by atoms with E-state index in [1.54, 1.807) is 23.9 Å². The zero-order valence-corrected chi connectivity index (χ0v) is 20.2. The fourth-order valence-electron chi connectivity index (χ4n) is 5.46. The van der Waals surface area contributed by atoms with Crippen LogP contribution in [0, 0.1) is 11.7 Å². The summed E-state index contributed by atoms with van der Waals surface area (Å²) in [6, 6.07) is 16.3. The van der Waals surface area contributed by atoms with Crippen LogP contribution in [0.3, 0.4) is 0 Å². The second-order valence-corrected chi connectivity index (χ2v) is 10.9. The average Bonchev–Trinajstić information content (AvgIpc) is 2.88. The van der Waals surface area contributed by atoms with Crippen molar-refractivity contribution in [3.8, 4) is 0 Å². The summed E-state index contributed by atoms with van der Waals surface area (Å²) in [5.74, 6) is -0.0340. The minimum atomic E-state index is -0.281. The first kappa shape index (κ1) is 23.2. The van der Waals surface area contributed by atoms with E-state index in [9.17, 15) is 14.0 Å². The van der Waals surface area contributed by atoms with Crippen LogP contribution in [0.4, 0.5) is 4.39 Å². The number of likely N-dealkylation sites (tertiary alicyclic amines) is 1. The van der Waals surface area contributed by atoms with Crippen molar-refractivity contribution < 1.29 is 14.0 Å². The van der Waals surface area contributed by atoms with E-state index < -0.39 is 0 Å². The molecule has 2 amide bonds. The van der Waals surface area contributed by atoms with Gasteiger partial charge in [-0.3, -0.25) is 9.59 Å². The highest BCUT2D eigenvalue weighted by Crippen LogP contribution is 2.44. The van der Waals surface area contributed by atoms with Gasteiger partial charge in [0.1, 0.15) is 5.82 Å². The lowest BCUT2D eigenvalue weighted by atomic mass is 9.82. The molecular formula is C28H31FN2O2S. The third-order valence-corrected chi connectivity index (χ3v) is 8.68. The quantitative estimate of drug-likeness (QED) is 0.546. The molecule has 34 heavy (non-hydrogen) atoms. The largest absolute Gasteiger partial charge is 0.342 e. The summed E-state index contributed by atoms with van der Waals surface area (Å²) in [6.45, 7) is 2.15. The van der Waals surface area contributed by atoms with Crippen molar-refractivity contribution in [3.63, 3.8) is 0 Å². The van der Waals surface area contributed by atoms with E-state index >= 15 is 0 Å². The number of carbonyl (C=O) groups excluding carboxylic acids is 2. The van der Waals surface area contributed by atoms with Gasteiger partial charge in [0.2, 0.25) is 5.91 Å². The number of carbonyl (C=O) groups is 2. The molecular weight excluding hydrogens is 447 g/mol. The number of benzene rings is 2. The first-order valence-corrected chi connectivity index (χ1v) is 13.2. The van der Waals surface area contributed by atoms with E-state index in [1.807, 2.05) is 46.2 Å². The van der Waals surface area contributed by atoms with Crippen LogP contribution in [0.5, 0.6) is 0 Å². The minimum absolute atomic E-state index is 0.00275. The molecule has 2 aromatic carbocycles. The number of fused-ring (bicyclic) bond motifs is 1. The molecule has 178 valence electrons. The Labute approximate surface area is 205 Å². The number of rotatable bonds is 4. The second kappa shape index (κ2) is 10.3. The molecule has 1 saturated carbocycles. The zero-order valence-electron chi connectivity index (χ0n) is 19.4. The maximum Gasteiger partial charge on any atom is 0.260 e. The van der Waals surface area contributed by atoms with Crippen molar-refractivity contribution in [2.75, 3.05) is 13.1 Å².